The third kappa shape index (κ3) is 2.98. The minimum atomic E-state index is -0.442. The van der Waals surface area contributed by atoms with Crippen molar-refractivity contribution in [2.45, 2.75) is 6.54 Å². The number of rotatable bonds is 4. The predicted molar refractivity (Wildman–Crippen MR) is 63.6 cm³/mol. The van der Waals surface area contributed by atoms with E-state index in [1.807, 2.05) is 35.2 Å². The molecular weight excluding hydrogens is 214 g/mol. The summed E-state index contributed by atoms with van der Waals surface area (Å²) in [6.45, 7) is 0.330. The molecule has 0 atom stereocenters. The maximum absolute atomic E-state index is 11.2. The topological polar surface area (TPSA) is 41.2 Å². The van der Waals surface area contributed by atoms with Crippen LogP contribution < -0.4 is 4.57 Å². The lowest BCUT2D eigenvalue weighted by atomic mass is 10.2. The Kier molecular flexibility index (Phi) is 3.62. The Morgan fingerprint density at radius 2 is 1.71 bits per heavy atom. The van der Waals surface area contributed by atoms with Crippen LogP contribution in [-0.4, -0.2) is 17.5 Å². The lowest BCUT2D eigenvalue weighted by molar-refractivity contribution is -0.688. The second kappa shape index (κ2) is 5.37. The molecule has 0 aliphatic carbocycles. The van der Waals surface area contributed by atoms with E-state index in [0.717, 1.165) is 6.54 Å². The van der Waals surface area contributed by atoms with E-state index in [9.17, 15) is 4.79 Å². The summed E-state index contributed by atoms with van der Waals surface area (Å²) in [7, 11) is 0. The second-order valence-corrected chi connectivity index (χ2v) is 3.83. The molecule has 0 aliphatic heterocycles. The zero-order valence-electron chi connectivity index (χ0n) is 9.41. The van der Waals surface area contributed by atoms with E-state index in [2.05, 4.69) is 12.1 Å². The van der Waals surface area contributed by atoms with Gasteiger partial charge < -0.3 is 5.11 Å². The van der Waals surface area contributed by atoms with E-state index in [1.54, 1.807) is 12.1 Å². The maximum atomic E-state index is 11.2. The number of pyridine rings is 1. The molecule has 17 heavy (non-hydrogen) atoms. The van der Waals surface area contributed by atoms with Crippen molar-refractivity contribution < 1.29 is 14.5 Å². The van der Waals surface area contributed by atoms with Crippen LogP contribution in [0.2, 0.25) is 0 Å². The van der Waals surface area contributed by atoms with Gasteiger partial charge in [0.1, 0.15) is 6.61 Å². The number of aliphatic hydroxyl groups is 1. The monoisotopic (exact) mass is 228 g/mol. The molecule has 1 heterocycles. The van der Waals surface area contributed by atoms with Gasteiger partial charge in [0.05, 0.1) is 0 Å². The zero-order chi connectivity index (χ0) is 12.1. The first-order valence-corrected chi connectivity index (χ1v) is 5.46. The molecule has 0 bridgehead atoms. The molecule has 3 heteroatoms. The Morgan fingerprint density at radius 3 is 2.29 bits per heavy atom. The Bertz CT molecular complexity index is 491. The smallest absolute Gasteiger partial charge is 0.188 e. The van der Waals surface area contributed by atoms with E-state index < -0.39 is 6.61 Å². The van der Waals surface area contributed by atoms with E-state index in [4.69, 9.17) is 5.11 Å². The Balaban J connectivity index is 2.11. The highest BCUT2D eigenvalue weighted by Crippen LogP contribution is 1.99. The molecule has 1 aromatic heterocycles. The van der Waals surface area contributed by atoms with E-state index >= 15 is 0 Å². The van der Waals surface area contributed by atoms with Crippen LogP contribution >= 0.6 is 0 Å². The van der Waals surface area contributed by atoms with Crippen LogP contribution in [0.25, 0.3) is 0 Å². The van der Waals surface area contributed by atoms with Crippen LogP contribution in [0, 0.1) is 0 Å². The van der Waals surface area contributed by atoms with Gasteiger partial charge in [0.2, 0.25) is 0 Å². The maximum Gasteiger partial charge on any atom is 0.188 e. The summed E-state index contributed by atoms with van der Waals surface area (Å²) in [6.07, 6.45) is 3.69. The summed E-state index contributed by atoms with van der Waals surface area (Å²) in [5.74, 6) is -0.253. The first-order chi connectivity index (χ1) is 8.29. The van der Waals surface area contributed by atoms with Gasteiger partial charge in [-0.25, -0.2) is 4.57 Å². The molecule has 2 aromatic rings. The average molecular weight is 228 g/mol. The molecule has 2 rings (SSSR count). The number of carbonyl (C=O) groups excluding carboxylic acids is 1. The van der Waals surface area contributed by atoms with Gasteiger partial charge in [-0.15, -0.1) is 0 Å². The molecular formula is C14H14NO2+. The minimum absolute atomic E-state index is 0.253. The first-order valence-electron chi connectivity index (χ1n) is 5.46. The van der Waals surface area contributed by atoms with E-state index in [1.165, 1.54) is 5.56 Å². The van der Waals surface area contributed by atoms with Crippen molar-refractivity contribution in [2.24, 2.45) is 0 Å². The number of aliphatic hydroxyl groups excluding tert-OH is 1. The highest BCUT2D eigenvalue weighted by Gasteiger charge is 2.07. The fourth-order valence-corrected chi connectivity index (χ4v) is 1.63. The molecule has 0 saturated heterocycles. The molecule has 1 N–H and O–H groups in total. The normalized spacial score (nSPS) is 10.2. The largest absolute Gasteiger partial charge is 0.388 e. The molecule has 0 saturated carbocycles. The number of aromatic nitrogens is 1. The molecule has 0 aliphatic rings. The van der Waals surface area contributed by atoms with Crippen LogP contribution in [0.4, 0.5) is 0 Å². The van der Waals surface area contributed by atoms with Crippen molar-refractivity contribution in [1.82, 2.24) is 0 Å². The Hall–Kier alpha value is -2.00. The number of ketones is 1. The van der Waals surface area contributed by atoms with Gasteiger partial charge in [0, 0.05) is 23.3 Å². The van der Waals surface area contributed by atoms with Gasteiger partial charge >= 0.3 is 0 Å². The number of nitrogens with zero attached hydrogens (tertiary/aromatic N) is 1. The van der Waals surface area contributed by atoms with Crippen LogP contribution in [-0.2, 0) is 6.54 Å². The van der Waals surface area contributed by atoms with Crippen LogP contribution in [0.5, 0.6) is 0 Å². The highest BCUT2D eigenvalue weighted by atomic mass is 16.3. The number of carbonyl (C=O) groups is 1. The molecule has 0 spiro atoms. The van der Waals surface area contributed by atoms with Gasteiger partial charge in [-0.3, -0.25) is 4.79 Å². The summed E-state index contributed by atoms with van der Waals surface area (Å²) in [4.78, 5) is 11.2. The summed E-state index contributed by atoms with van der Waals surface area (Å²) in [5, 5.41) is 8.74. The summed E-state index contributed by atoms with van der Waals surface area (Å²) in [6, 6.07) is 13.5. The molecule has 0 unspecified atom stereocenters. The first kappa shape index (κ1) is 11.5. The second-order valence-electron chi connectivity index (χ2n) is 3.83. The number of benzene rings is 1. The molecule has 0 amide bonds. The molecule has 86 valence electrons. The summed E-state index contributed by atoms with van der Waals surface area (Å²) >= 11 is 0. The quantitative estimate of drug-likeness (QED) is 0.631. The summed E-state index contributed by atoms with van der Waals surface area (Å²) < 4.78 is 1.99. The van der Waals surface area contributed by atoms with Crippen LogP contribution in [0.15, 0.2) is 54.9 Å². The molecule has 1 aromatic carbocycles. The van der Waals surface area contributed by atoms with Crippen molar-refractivity contribution in [1.29, 1.82) is 0 Å². The van der Waals surface area contributed by atoms with Crippen molar-refractivity contribution >= 4 is 5.78 Å². The Labute approximate surface area is 100.0 Å². The van der Waals surface area contributed by atoms with E-state index in [0.29, 0.717) is 5.56 Å². The van der Waals surface area contributed by atoms with Gasteiger partial charge in [0.15, 0.2) is 24.7 Å². The number of hydrogen-bond acceptors (Lipinski definition) is 2. The average Bonchev–Trinajstić information content (AvgIpc) is 2.40. The van der Waals surface area contributed by atoms with Crippen molar-refractivity contribution in [2.75, 3.05) is 6.61 Å². The van der Waals surface area contributed by atoms with Gasteiger partial charge in [0.25, 0.3) is 0 Å². The van der Waals surface area contributed by atoms with E-state index in [-0.39, 0.29) is 5.78 Å². The van der Waals surface area contributed by atoms with Crippen LogP contribution in [0.1, 0.15) is 15.9 Å². The Morgan fingerprint density at radius 1 is 1.06 bits per heavy atom. The fourth-order valence-electron chi connectivity index (χ4n) is 1.63. The van der Waals surface area contributed by atoms with Gasteiger partial charge in [-0.2, -0.15) is 0 Å². The van der Waals surface area contributed by atoms with Crippen molar-refractivity contribution in [3.63, 3.8) is 0 Å². The minimum Gasteiger partial charge on any atom is -0.388 e. The van der Waals surface area contributed by atoms with Crippen molar-refractivity contribution in [3.05, 3.63) is 66.0 Å². The number of Topliss-reactive ketones (excluding diaryl/α,β-unsaturated/α-hetero) is 1. The number of hydrogen-bond donors (Lipinski definition) is 1. The SMILES string of the molecule is O=C(CO)c1cc[n+](Cc2ccccc2)cc1. The predicted octanol–water partition coefficient (Wildman–Crippen LogP) is 1.20. The van der Waals surface area contributed by atoms with Crippen molar-refractivity contribution in [3.8, 4) is 0 Å². The van der Waals surface area contributed by atoms with Crippen LogP contribution in [0.3, 0.4) is 0 Å². The van der Waals surface area contributed by atoms with Gasteiger partial charge in [-0.1, -0.05) is 30.3 Å². The molecule has 0 radical (unpaired) electrons. The van der Waals surface area contributed by atoms with Gasteiger partial charge in [-0.05, 0) is 0 Å². The fraction of sp³-hybridized carbons (Fsp3) is 0.143. The lowest BCUT2D eigenvalue weighted by Gasteiger charge is -1.99. The zero-order valence-corrected chi connectivity index (χ0v) is 9.41. The lowest BCUT2D eigenvalue weighted by Crippen LogP contribution is -2.33. The third-order valence-corrected chi connectivity index (χ3v) is 2.56. The standard InChI is InChI=1S/C14H14NO2/c16-11-14(17)13-6-8-15(9-7-13)10-12-4-2-1-3-5-12/h1-9,16H,10-11H2/q+1. The third-order valence-electron chi connectivity index (χ3n) is 2.56. The highest BCUT2D eigenvalue weighted by molar-refractivity contribution is 5.96. The molecule has 0 fully saturated rings. The molecule has 3 nitrogen and oxygen atoms in total. The summed E-state index contributed by atoms with van der Waals surface area (Å²) in [5.41, 5.74) is 1.75.